The van der Waals surface area contributed by atoms with Gasteiger partial charge in [-0.05, 0) is 48.2 Å². The van der Waals surface area contributed by atoms with E-state index in [1.54, 1.807) is 54.0 Å². The molecule has 164 valence electrons. The van der Waals surface area contributed by atoms with Crippen LogP contribution in [0.1, 0.15) is 35.1 Å². The molecule has 3 aromatic carbocycles. The van der Waals surface area contributed by atoms with Gasteiger partial charge in [0, 0.05) is 12.1 Å². The van der Waals surface area contributed by atoms with Gasteiger partial charge < -0.3 is 18.1 Å². The summed E-state index contributed by atoms with van der Waals surface area (Å²) in [7, 11) is 0. The maximum atomic E-state index is 13.5. The van der Waals surface area contributed by atoms with E-state index in [1.807, 2.05) is 6.92 Å². The minimum Gasteiger partial charge on any atom is -0.478 e. The molecule has 4 nitrogen and oxygen atoms in total. The standard InChI is InChI=1S/C24H21BF3N2O2.K/c1-3-6-22-29-23-15(2)13-17(25(26,27)28)14-21(23)30(22)18-11-9-16(10-12-18)19-7-4-5-8-20(19)24(31)32;/h4-5,7-14H,3,6H2,1-2H3,(H,31,32);/q-1;+1. The molecule has 0 radical (unpaired) electrons. The fourth-order valence-corrected chi connectivity index (χ4v) is 4.00. The van der Waals surface area contributed by atoms with Gasteiger partial charge in [-0.2, -0.15) is 0 Å². The molecule has 0 fully saturated rings. The van der Waals surface area contributed by atoms with Crippen LogP contribution in [0.3, 0.4) is 0 Å². The van der Waals surface area contributed by atoms with Crippen molar-refractivity contribution >= 4 is 29.4 Å². The average molecular weight is 476 g/mol. The summed E-state index contributed by atoms with van der Waals surface area (Å²) in [5.41, 5.74) is 2.97. The third-order valence-electron chi connectivity index (χ3n) is 5.49. The number of fused-ring (bicyclic) bond motifs is 1. The number of nitrogens with zero attached hydrogens (tertiary/aromatic N) is 2. The third-order valence-corrected chi connectivity index (χ3v) is 5.49. The zero-order valence-electron chi connectivity index (χ0n) is 18.6. The van der Waals surface area contributed by atoms with Gasteiger partial charge >= 0.3 is 64.3 Å². The second-order valence-electron chi connectivity index (χ2n) is 7.79. The molecule has 1 aromatic heterocycles. The molecule has 0 spiro atoms. The van der Waals surface area contributed by atoms with Crippen molar-refractivity contribution in [2.75, 3.05) is 0 Å². The van der Waals surface area contributed by atoms with Crippen LogP contribution in [0.2, 0.25) is 0 Å². The molecule has 4 aromatic rings. The quantitative estimate of drug-likeness (QED) is 0.436. The Bertz CT molecular complexity index is 1320. The first-order chi connectivity index (χ1) is 15.2. The van der Waals surface area contributed by atoms with Gasteiger partial charge in [0.2, 0.25) is 0 Å². The summed E-state index contributed by atoms with van der Waals surface area (Å²) < 4.78 is 42.3. The molecule has 0 unspecified atom stereocenters. The second-order valence-corrected chi connectivity index (χ2v) is 7.79. The molecular formula is C24H21BF3KN2O2. The van der Waals surface area contributed by atoms with E-state index in [2.05, 4.69) is 4.98 Å². The minimum atomic E-state index is -5.14. The van der Waals surface area contributed by atoms with Crippen molar-refractivity contribution in [2.24, 2.45) is 0 Å². The van der Waals surface area contributed by atoms with Crippen LogP contribution in [0.4, 0.5) is 12.9 Å². The summed E-state index contributed by atoms with van der Waals surface area (Å²) in [6.45, 7) is -1.50. The van der Waals surface area contributed by atoms with Gasteiger partial charge in [-0.25, -0.2) is 9.78 Å². The van der Waals surface area contributed by atoms with Crippen molar-refractivity contribution in [1.29, 1.82) is 0 Å². The van der Waals surface area contributed by atoms with Gasteiger partial charge in [-0.1, -0.05) is 49.4 Å². The number of halogens is 3. The van der Waals surface area contributed by atoms with Crippen LogP contribution in [0, 0.1) is 6.92 Å². The third kappa shape index (κ3) is 5.12. The van der Waals surface area contributed by atoms with E-state index < -0.39 is 18.4 Å². The number of carboxylic acid groups (broad SMARTS) is 1. The zero-order chi connectivity index (χ0) is 23.0. The van der Waals surface area contributed by atoms with E-state index >= 15 is 0 Å². The van der Waals surface area contributed by atoms with E-state index in [-0.39, 0.29) is 56.9 Å². The monoisotopic (exact) mass is 476 g/mol. The van der Waals surface area contributed by atoms with Crippen molar-refractivity contribution in [3.8, 4) is 16.8 Å². The number of hydrogen-bond acceptors (Lipinski definition) is 2. The van der Waals surface area contributed by atoms with E-state index in [0.717, 1.165) is 12.5 Å². The average Bonchev–Trinajstić information content (AvgIpc) is 3.12. The fourth-order valence-electron chi connectivity index (χ4n) is 4.00. The predicted octanol–water partition coefficient (Wildman–Crippen LogP) is 2.71. The molecule has 0 aliphatic heterocycles. The summed E-state index contributed by atoms with van der Waals surface area (Å²) in [6, 6.07) is 16.2. The van der Waals surface area contributed by atoms with E-state index in [0.29, 0.717) is 45.7 Å². The van der Waals surface area contributed by atoms with Crippen LogP contribution in [-0.2, 0) is 6.42 Å². The van der Waals surface area contributed by atoms with Gasteiger partial charge in [0.05, 0.1) is 16.6 Å². The van der Waals surface area contributed by atoms with Gasteiger partial charge in [-0.3, -0.25) is 4.57 Å². The van der Waals surface area contributed by atoms with Crippen LogP contribution < -0.4 is 56.8 Å². The first-order valence-corrected chi connectivity index (χ1v) is 10.4. The largest absolute Gasteiger partial charge is 1.00 e. The number of hydrogen-bond donors (Lipinski definition) is 1. The van der Waals surface area contributed by atoms with Crippen molar-refractivity contribution in [1.82, 2.24) is 9.55 Å². The molecule has 4 rings (SSSR count). The number of aromatic carboxylic acids is 1. The Balaban J connectivity index is 0.00000306. The van der Waals surface area contributed by atoms with Crippen LogP contribution in [0.15, 0.2) is 60.7 Å². The summed E-state index contributed by atoms with van der Waals surface area (Å²) in [5, 5.41) is 9.46. The first-order valence-electron chi connectivity index (χ1n) is 10.4. The van der Waals surface area contributed by atoms with Crippen molar-refractivity contribution < 1.29 is 74.2 Å². The number of rotatable bonds is 6. The van der Waals surface area contributed by atoms with Gasteiger partial charge in [0.25, 0.3) is 0 Å². The van der Waals surface area contributed by atoms with Crippen LogP contribution in [0.5, 0.6) is 0 Å². The molecule has 0 aliphatic rings. The minimum absolute atomic E-state index is 0. The molecule has 33 heavy (non-hydrogen) atoms. The van der Waals surface area contributed by atoms with E-state index in [9.17, 15) is 22.8 Å². The van der Waals surface area contributed by atoms with E-state index in [1.165, 1.54) is 12.1 Å². The molecule has 0 saturated heterocycles. The van der Waals surface area contributed by atoms with Gasteiger partial charge in [0.1, 0.15) is 5.82 Å². The molecule has 0 aliphatic carbocycles. The zero-order valence-corrected chi connectivity index (χ0v) is 21.8. The maximum absolute atomic E-state index is 13.5. The Morgan fingerprint density at radius 3 is 2.33 bits per heavy atom. The van der Waals surface area contributed by atoms with Crippen molar-refractivity contribution in [3.63, 3.8) is 0 Å². The normalized spacial score (nSPS) is 11.4. The summed E-state index contributed by atoms with van der Waals surface area (Å²) in [5.74, 6) is -0.330. The fraction of sp³-hybridized carbons (Fsp3) is 0.167. The topological polar surface area (TPSA) is 55.1 Å². The molecule has 1 heterocycles. The van der Waals surface area contributed by atoms with Crippen LogP contribution in [0.25, 0.3) is 27.8 Å². The van der Waals surface area contributed by atoms with Crippen molar-refractivity contribution in [2.45, 2.75) is 26.7 Å². The number of imidazole rings is 1. The number of carboxylic acids is 1. The van der Waals surface area contributed by atoms with Gasteiger partial charge in [-0.15, -0.1) is 5.46 Å². The number of carbonyl (C=O) groups is 1. The SMILES string of the molecule is CCCc1nc2c(C)cc([B-](F)(F)F)cc2n1-c1ccc(-c2ccccc2C(=O)O)cc1.[K+]. The molecule has 0 atom stereocenters. The van der Waals surface area contributed by atoms with Gasteiger partial charge in [0.15, 0.2) is 0 Å². The Morgan fingerprint density at radius 1 is 1.06 bits per heavy atom. The molecule has 0 saturated carbocycles. The molecule has 1 N–H and O–H groups in total. The molecule has 0 bridgehead atoms. The summed E-state index contributed by atoms with van der Waals surface area (Å²) in [4.78, 5) is 16.2. The van der Waals surface area contributed by atoms with Crippen molar-refractivity contribution in [3.05, 3.63) is 77.6 Å². The predicted molar refractivity (Wildman–Crippen MR) is 121 cm³/mol. The maximum Gasteiger partial charge on any atom is 1.00 e. The number of aromatic nitrogens is 2. The number of benzene rings is 3. The van der Waals surface area contributed by atoms with Crippen LogP contribution in [-0.4, -0.2) is 27.6 Å². The smallest absolute Gasteiger partial charge is 0.478 e. The Hall–Kier alpha value is -1.91. The number of aryl methyl sites for hydroxylation is 2. The Labute approximate surface area is 232 Å². The summed E-state index contributed by atoms with van der Waals surface area (Å²) >= 11 is 0. The van der Waals surface area contributed by atoms with E-state index in [4.69, 9.17) is 0 Å². The second kappa shape index (κ2) is 10.1. The molecule has 9 heteroatoms. The molecule has 0 amide bonds. The Morgan fingerprint density at radius 2 is 1.73 bits per heavy atom. The van der Waals surface area contributed by atoms with Crippen LogP contribution >= 0.6 is 0 Å². The first kappa shape index (κ1) is 25.7. The molecular weight excluding hydrogens is 455 g/mol. The summed E-state index contributed by atoms with van der Waals surface area (Å²) in [6.07, 6.45) is 1.41. The Kier molecular flexibility index (Phi) is 7.91.